The van der Waals surface area contributed by atoms with Gasteiger partial charge in [0.1, 0.15) is 30.4 Å². The molecule has 50 heavy (non-hydrogen) atoms. The van der Waals surface area contributed by atoms with Crippen LogP contribution in [0.15, 0.2) is 85.5 Å². The van der Waals surface area contributed by atoms with E-state index in [9.17, 15) is 36.5 Å². The first-order valence-corrected chi connectivity index (χ1v) is 16.0. The summed E-state index contributed by atoms with van der Waals surface area (Å²) in [6.45, 7) is 0.136. The lowest BCUT2D eigenvalue weighted by atomic mass is 10.2. The predicted molar refractivity (Wildman–Crippen MR) is 177 cm³/mol. The number of benzene rings is 1. The van der Waals surface area contributed by atoms with Crippen LogP contribution in [0.1, 0.15) is 15.3 Å². The van der Waals surface area contributed by atoms with Gasteiger partial charge in [-0.15, -0.1) is 22.7 Å². The third kappa shape index (κ3) is 7.77. The molecule has 0 unspecified atom stereocenters. The van der Waals surface area contributed by atoms with Crippen molar-refractivity contribution in [3.63, 3.8) is 0 Å². The van der Waals surface area contributed by atoms with Crippen molar-refractivity contribution in [3.05, 3.63) is 116 Å². The second-order valence-electron chi connectivity index (χ2n) is 10.2. The monoisotopic (exact) mass is 746 g/mol. The van der Waals surface area contributed by atoms with Crippen molar-refractivity contribution in [2.24, 2.45) is 0 Å². The van der Waals surface area contributed by atoms with Crippen LogP contribution in [0.5, 0.6) is 0 Å². The Balaban J connectivity index is 0.000000187. The summed E-state index contributed by atoms with van der Waals surface area (Å²) in [6.07, 6.45) is -2.73. The van der Waals surface area contributed by atoms with Gasteiger partial charge in [0, 0.05) is 60.0 Å². The molecule has 7 rings (SSSR count). The molecule has 0 atom stereocenters. The number of nitrogens with one attached hydrogen (secondary N) is 1. The van der Waals surface area contributed by atoms with Gasteiger partial charge in [-0.1, -0.05) is 23.7 Å². The van der Waals surface area contributed by atoms with Crippen molar-refractivity contribution < 1.29 is 31.3 Å². The number of fused-ring (bicyclic) bond motifs is 2. The molecule has 1 aromatic carbocycles. The van der Waals surface area contributed by atoms with Crippen molar-refractivity contribution in [1.82, 2.24) is 29.9 Å². The summed E-state index contributed by atoms with van der Waals surface area (Å²) in [6, 6.07) is 14.7. The molecule has 0 amide bonds. The van der Waals surface area contributed by atoms with E-state index in [1.54, 1.807) is 42.7 Å². The van der Waals surface area contributed by atoms with E-state index >= 15 is 0 Å². The minimum atomic E-state index is -4.50. The van der Waals surface area contributed by atoms with Crippen LogP contribution in [0.25, 0.3) is 43.2 Å². The maximum Gasteiger partial charge on any atom is 0.425 e. The summed E-state index contributed by atoms with van der Waals surface area (Å²) in [4.78, 5) is 34.0. The van der Waals surface area contributed by atoms with Gasteiger partial charge in [0.25, 0.3) is 5.69 Å². The van der Waals surface area contributed by atoms with Gasteiger partial charge >= 0.3 is 12.4 Å². The Kier molecular flexibility index (Phi) is 9.59. The van der Waals surface area contributed by atoms with E-state index in [0.717, 1.165) is 12.1 Å². The number of non-ortho nitro benzene ring substituents is 1. The topological polar surface area (TPSA) is 133 Å². The second-order valence-corrected chi connectivity index (χ2v) is 12.6. The molecule has 7 aromatic rings. The van der Waals surface area contributed by atoms with Crippen LogP contribution < -0.4 is 5.32 Å². The Morgan fingerprint density at radius 1 is 0.740 bits per heavy atom. The van der Waals surface area contributed by atoms with Gasteiger partial charge in [-0.3, -0.25) is 20.1 Å². The fraction of sp³-hybridized carbons (Fsp3) is 0.0968. The van der Waals surface area contributed by atoms with Gasteiger partial charge in [-0.25, -0.2) is 19.9 Å². The van der Waals surface area contributed by atoms with Gasteiger partial charge in [-0.2, -0.15) is 26.3 Å². The summed E-state index contributed by atoms with van der Waals surface area (Å²) < 4.78 is 77.7. The summed E-state index contributed by atoms with van der Waals surface area (Å²) in [7, 11) is 0. The summed E-state index contributed by atoms with van der Waals surface area (Å²) >= 11 is 7.02. The number of nitro groups is 1. The molecule has 0 bridgehead atoms. The van der Waals surface area contributed by atoms with Crippen molar-refractivity contribution >= 4 is 66.2 Å². The fourth-order valence-corrected chi connectivity index (χ4v) is 6.51. The van der Waals surface area contributed by atoms with E-state index in [1.807, 2.05) is 0 Å². The van der Waals surface area contributed by atoms with Crippen LogP contribution >= 0.6 is 34.3 Å². The zero-order valence-corrected chi connectivity index (χ0v) is 27.1. The zero-order valence-electron chi connectivity index (χ0n) is 24.7. The number of rotatable bonds is 6. The van der Waals surface area contributed by atoms with Crippen molar-refractivity contribution in [1.29, 1.82) is 0 Å². The van der Waals surface area contributed by atoms with Gasteiger partial charge < -0.3 is 5.32 Å². The first-order valence-electron chi connectivity index (χ1n) is 14.0. The highest BCUT2D eigenvalue weighted by Crippen LogP contribution is 2.41. The normalized spacial score (nSPS) is 11.7. The van der Waals surface area contributed by atoms with Gasteiger partial charge in [0.15, 0.2) is 11.6 Å². The Morgan fingerprint density at radius 3 is 1.84 bits per heavy atom. The SMILES string of the molecule is FC(F)(F)c1cc2c(Cl)nc(-c3cccnc3)nc2s1.O=[N+]([O-])c1cccc(CNc2nc(-c3cccnc3)nc3sc(C(F)(F)F)cc23)c1. The molecule has 0 spiro atoms. The van der Waals surface area contributed by atoms with Crippen LogP contribution in [0.4, 0.5) is 37.8 Å². The van der Waals surface area contributed by atoms with Gasteiger partial charge in [-0.05, 0) is 42.0 Å². The summed E-state index contributed by atoms with van der Waals surface area (Å²) in [5, 5.41) is 14.4. The molecular formula is C31H17ClF6N8O2S2. The third-order valence-electron chi connectivity index (χ3n) is 6.72. The van der Waals surface area contributed by atoms with E-state index in [1.165, 1.54) is 30.6 Å². The highest BCUT2D eigenvalue weighted by atomic mass is 35.5. The molecule has 0 fully saturated rings. The van der Waals surface area contributed by atoms with Crippen LogP contribution in [0.2, 0.25) is 5.15 Å². The largest absolute Gasteiger partial charge is 0.425 e. The predicted octanol–water partition coefficient (Wildman–Crippen LogP) is 9.72. The molecule has 1 N–H and O–H groups in total. The maximum absolute atomic E-state index is 13.2. The summed E-state index contributed by atoms with van der Waals surface area (Å²) in [5.74, 6) is 0.691. The molecule has 6 aromatic heterocycles. The smallest absolute Gasteiger partial charge is 0.365 e. The lowest BCUT2D eigenvalue weighted by Crippen LogP contribution is -2.04. The zero-order chi connectivity index (χ0) is 35.6. The van der Waals surface area contributed by atoms with Crippen LogP contribution in [0, 0.1) is 10.1 Å². The van der Waals surface area contributed by atoms with Crippen molar-refractivity contribution in [3.8, 4) is 22.8 Å². The van der Waals surface area contributed by atoms with Crippen molar-refractivity contribution in [2.75, 3.05) is 5.32 Å². The number of aromatic nitrogens is 6. The van der Waals surface area contributed by atoms with E-state index in [2.05, 4.69) is 35.2 Å². The Hall–Kier alpha value is -5.33. The second kappa shape index (κ2) is 13.9. The highest BCUT2D eigenvalue weighted by Gasteiger charge is 2.34. The van der Waals surface area contributed by atoms with E-state index in [4.69, 9.17) is 11.6 Å². The molecule has 19 heteroatoms. The van der Waals surface area contributed by atoms with E-state index in [0.29, 0.717) is 39.4 Å². The molecule has 0 aliphatic heterocycles. The molecular weight excluding hydrogens is 730 g/mol. The standard InChI is InChI=1S/C19H12F3N5O2S.C12H5ClF3N3S/c20-19(21,22)15-8-14-17(24-9-11-3-1-5-13(7-11)27(28)29)25-16(26-18(14)30-15)12-4-2-6-23-10-12;13-9-7-4-8(12(14,15)16)20-11(7)19-10(18-9)6-2-1-3-17-5-6/h1-8,10H,9H2,(H,24,25,26);1-5H. The van der Waals surface area contributed by atoms with Crippen molar-refractivity contribution in [2.45, 2.75) is 18.9 Å². The third-order valence-corrected chi connectivity index (χ3v) is 9.15. The molecule has 0 radical (unpaired) electrons. The average Bonchev–Trinajstić information content (AvgIpc) is 3.74. The minimum absolute atomic E-state index is 0.000558. The number of halogens is 7. The minimum Gasteiger partial charge on any atom is -0.365 e. The number of hydrogen-bond donors (Lipinski definition) is 1. The molecule has 0 saturated heterocycles. The number of nitro benzene ring substituents is 1. The first kappa shape index (κ1) is 34.5. The number of thiophene rings is 2. The summed E-state index contributed by atoms with van der Waals surface area (Å²) in [5.41, 5.74) is 1.66. The molecule has 0 aliphatic rings. The van der Waals surface area contributed by atoms with E-state index < -0.39 is 27.0 Å². The molecule has 10 nitrogen and oxygen atoms in total. The quantitative estimate of drug-likeness (QED) is 0.0764. The first-order chi connectivity index (χ1) is 23.8. The van der Waals surface area contributed by atoms with Gasteiger partial charge in [0.2, 0.25) is 0 Å². The molecule has 254 valence electrons. The number of pyridine rings is 2. The molecule has 0 aliphatic carbocycles. The number of alkyl halides is 6. The average molecular weight is 747 g/mol. The van der Waals surface area contributed by atoms with Crippen LogP contribution in [-0.2, 0) is 18.9 Å². The number of nitrogens with zero attached hydrogens (tertiary/aromatic N) is 7. The van der Waals surface area contributed by atoms with E-state index in [-0.39, 0.29) is 55.3 Å². The van der Waals surface area contributed by atoms with Crippen LogP contribution in [-0.4, -0.2) is 34.8 Å². The Labute approximate surface area is 289 Å². The molecule has 0 saturated carbocycles. The molecule has 6 heterocycles. The Morgan fingerprint density at radius 2 is 1.30 bits per heavy atom. The van der Waals surface area contributed by atoms with Gasteiger partial charge in [0.05, 0.1) is 10.3 Å². The lowest BCUT2D eigenvalue weighted by Gasteiger charge is -2.09. The lowest BCUT2D eigenvalue weighted by molar-refractivity contribution is -0.384. The number of anilines is 1. The fourth-order valence-electron chi connectivity index (χ4n) is 4.44. The highest BCUT2D eigenvalue weighted by molar-refractivity contribution is 7.19. The maximum atomic E-state index is 13.2. The van der Waals surface area contributed by atoms with Crippen LogP contribution in [0.3, 0.4) is 0 Å². The number of hydrogen-bond acceptors (Lipinski definition) is 11. The Bertz CT molecular complexity index is 2320.